The van der Waals surface area contributed by atoms with Crippen LogP contribution in [0.1, 0.15) is 25.3 Å². The van der Waals surface area contributed by atoms with E-state index in [-0.39, 0.29) is 11.3 Å². The van der Waals surface area contributed by atoms with Crippen LogP contribution in [0.4, 0.5) is 0 Å². The van der Waals surface area contributed by atoms with Crippen molar-refractivity contribution in [2.45, 2.75) is 38.3 Å². The Morgan fingerprint density at radius 3 is 2.70 bits per heavy atom. The number of benzene rings is 1. The average Bonchev–Trinajstić information content (AvgIpc) is 3.12. The molecule has 124 valence electrons. The Bertz CT molecular complexity index is 646. The third kappa shape index (κ3) is 3.12. The van der Waals surface area contributed by atoms with Crippen LogP contribution in [0, 0.1) is 11.3 Å². The number of nitrogens with zero attached hydrogens (tertiary/aromatic N) is 3. The second-order valence-corrected chi connectivity index (χ2v) is 7.48. The van der Waals surface area contributed by atoms with E-state index >= 15 is 0 Å². The van der Waals surface area contributed by atoms with E-state index in [1.807, 2.05) is 24.3 Å². The molecule has 1 saturated carbocycles. The molecule has 0 amide bonds. The highest BCUT2D eigenvalue weighted by molar-refractivity contribution is 6.30. The molecule has 1 aliphatic carbocycles. The fraction of sp³-hybridized carbons (Fsp3) is 0.529. The molecule has 1 N–H and O–H groups in total. The molecule has 1 heterocycles. The second kappa shape index (κ2) is 6.42. The fourth-order valence-electron chi connectivity index (χ4n) is 3.68. The Balaban J connectivity index is 1.87. The van der Waals surface area contributed by atoms with Gasteiger partial charge in [0.05, 0.1) is 12.1 Å². The minimum atomic E-state index is -0.915. The summed E-state index contributed by atoms with van der Waals surface area (Å²) >= 11 is 12.2. The lowest BCUT2D eigenvalue weighted by molar-refractivity contribution is -0.0891. The van der Waals surface area contributed by atoms with Crippen LogP contribution in [0.3, 0.4) is 0 Å². The highest BCUT2D eigenvalue weighted by Crippen LogP contribution is 2.52. The Morgan fingerprint density at radius 2 is 2.09 bits per heavy atom. The zero-order valence-electron chi connectivity index (χ0n) is 13.1. The first kappa shape index (κ1) is 16.7. The van der Waals surface area contributed by atoms with Gasteiger partial charge in [-0.15, -0.1) is 11.6 Å². The zero-order chi connectivity index (χ0) is 16.5. The molecule has 0 radical (unpaired) electrons. The molecule has 3 atom stereocenters. The maximum atomic E-state index is 11.6. The first-order chi connectivity index (χ1) is 11.0. The van der Waals surface area contributed by atoms with E-state index in [0.717, 1.165) is 24.3 Å². The summed E-state index contributed by atoms with van der Waals surface area (Å²) in [5.74, 6) is 0.548. The highest BCUT2D eigenvalue weighted by Gasteiger charge is 2.56. The van der Waals surface area contributed by atoms with Crippen LogP contribution in [0.2, 0.25) is 5.02 Å². The molecule has 6 heteroatoms. The fourth-order valence-corrected chi connectivity index (χ4v) is 4.17. The molecule has 1 unspecified atom stereocenters. The van der Waals surface area contributed by atoms with Gasteiger partial charge in [-0.1, -0.05) is 30.7 Å². The molecule has 0 aliphatic heterocycles. The van der Waals surface area contributed by atoms with Crippen LogP contribution in [-0.2, 0) is 13.0 Å². The van der Waals surface area contributed by atoms with Crippen LogP contribution < -0.4 is 0 Å². The minimum Gasteiger partial charge on any atom is -0.387 e. The topological polar surface area (TPSA) is 50.9 Å². The van der Waals surface area contributed by atoms with Gasteiger partial charge in [-0.2, -0.15) is 5.10 Å². The van der Waals surface area contributed by atoms with Gasteiger partial charge < -0.3 is 5.11 Å². The predicted octanol–water partition coefficient (Wildman–Crippen LogP) is 3.56. The minimum absolute atomic E-state index is 0.122. The van der Waals surface area contributed by atoms with Crippen molar-refractivity contribution in [2.24, 2.45) is 11.3 Å². The normalized spacial score (nSPS) is 30.7. The summed E-state index contributed by atoms with van der Waals surface area (Å²) in [5.41, 5.74) is -0.0742. The molecular weight excluding hydrogens is 333 g/mol. The van der Waals surface area contributed by atoms with Gasteiger partial charge >= 0.3 is 0 Å². The summed E-state index contributed by atoms with van der Waals surface area (Å²) in [7, 11) is 0. The van der Waals surface area contributed by atoms with Crippen LogP contribution in [0.5, 0.6) is 0 Å². The van der Waals surface area contributed by atoms with Gasteiger partial charge in [-0.25, -0.2) is 4.98 Å². The van der Waals surface area contributed by atoms with Crippen LogP contribution in [-0.4, -0.2) is 31.4 Å². The van der Waals surface area contributed by atoms with Gasteiger partial charge in [0, 0.05) is 16.3 Å². The van der Waals surface area contributed by atoms with Crippen molar-refractivity contribution in [2.75, 3.05) is 5.88 Å². The Kier molecular flexibility index (Phi) is 4.68. The monoisotopic (exact) mass is 353 g/mol. The van der Waals surface area contributed by atoms with E-state index in [1.54, 1.807) is 11.0 Å². The van der Waals surface area contributed by atoms with E-state index in [0.29, 0.717) is 12.4 Å². The van der Waals surface area contributed by atoms with Gasteiger partial charge in [0.15, 0.2) is 0 Å². The van der Waals surface area contributed by atoms with E-state index < -0.39 is 5.60 Å². The molecule has 4 nitrogen and oxygen atoms in total. The van der Waals surface area contributed by atoms with E-state index in [9.17, 15) is 5.11 Å². The average molecular weight is 354 g/mol. The lowest BCUT2D eigenvalue weighted by atomic mass is 9.72. The van der Waals surface area contributed by atoms with Gasteiger partial charge in [0.2, 0.25) is 0 Å². The summed E-state index contributed by atoms with van der Waals surface area (Å²) in [6.07, 6.45) is 5.78. The molecule has 0 spiro atoms. The number of rotatable bonds is 5. The quantitative estimate of drug-likeness (QED) is 0.836. The molecule has 1 aromatic heterocycles. The number of hydrogen-bond acceptors (Lipinski definition) is 3. The predicted molar refractivity (Wildman–Crippen MR) is 91.7 cm³/mol. The maximum absolute atomic E-state index is 11.6. The van der Waals surface area contributed by atoms with E-state index in [1.165, 1.54) is 11.9 Å². The molecule has 1 aliphatic rings. The zero-order valence-corrected chi connectivity index (χ0v) is 14.6. The number of halogens is 2. The van der Waals surface area contributed by atoms with Gasteiger partial charge in [-0.3, -0.25) is 4.68 Å². The van der Waals surface area contributed by atoms with Crippen molar-refractivity contribution >= 4 is 23.2 Å². The third-order valence-corrected chi connectivity index (χ3v) is 6.17. The summed E-state index contributed by atoms with van der Waals surface area (Å²) in [5, 5.41) is 16.4. The van der Waals surface area contributed by atoms with E-state index in [2.05, 4.69) is 17.0 Å². The second-order valence-electron chi connectivity index (χ2n) is 6.78. The molecule has 2 aromatic rings. The smallest absolute Gasteiger partial charge is 0.137 e. The summed E-state index contributed by atoms with van der Waals surface area (Å²) < 4.78 is 1.70. The molecule has 23 heavy (non-hydrogen) atoms. The Labute approximate surface area is 146 Å². The Hall–Kier alpha value is -1.10. The molecule has 1 fully saturated rings. The molecule has 3 rings (SSSR count). The van der Waals surface area contributed by atoms with Crippen LogP contribution >= 0.6 is 23.2 Å². The summed E-state index contributed by atoms with van der Waals surface area (Å²) in [6.45, 7) is 2.48. The largest absolute Gasteiger partial charge is 0.387 e. The molecular formula is C17H21Cl2N3O. The number of aliphatic hydroxyl groups is 1. The molecule has 0 bridgehead atoms. The van der Waals surface area contributed by atoms with Crippen molar-refractivity contribution in [3.8, 4) is 0 Å². The standard InChI is InChI=1S/C17H21Cl2N3O/c1-16(9-18)7-6-14(8-13-2-4-15(19)5-3-13)17(16,23)10-22-12-20-11-21-22/h2-5,11-12,14,23H,6-10H2,1H3/t14-,16+,17?/m1/s1. The third-order valence-electron chi connectivity index (χ3n) is 5.33. The first-order valence-corrected chi connectivity index (χ1v) is 8.73. The van der Waals surface area contributed by atoms with Gasteiger partial charge in [-0.05, 0) is 42.9 Å². The maximum Gasteiger partial charge on any atom is 0.137 e. The summed E-state index contributed by atoms with van der Waals surface area (Å²) in [4.78, 5) is 3.98. The van der Waals surface area contributed by atoms with Crippen molar-refractivity contribution in [3.63, 3.8) is 0 Å². The number of aromatic nitrogens is 3. The number of alkyl halides is 1. The first-order valence-electron chi connectivity index (χ1n) is 7.82. The van der Waals surface area contributed by atoms with Crippen LogP contribution in [0.25, 0.3) is 0 Å². The van der Waals surface area contributed by atoms with Crippen LogP contribution in [0.15, 0.2) is 36.9 Å². The van der Waals surface area contributed by atoms with Crippen molar-refractivity contribution in [3.05, 3.63) is 47.5 Å². The SMILES string of the molecule is C[C@@]1(CCl)CC[C@H](Cc2ccc(Cl)cc2)C1(O)Cn1cncn1. The lowest BCUT2D eigenvalue weighted by Crippen LogP contribution is -2.51. The van der Waals surface area contributed by atoms with Gasteiger partial charge in [0.1, 0.15) is 12.7 Å². The highest BCUT2D eigenvalue weighted by atomic mass is 35.5. The van der Waals surface area contributed by atoms with Crippen molar-refractivity contribution < 1.29 is 5.11 Å². The lowest BCUT2D eigenvalue weighted by Gasteiger charge is -2.42. The van der Waals surface area contributed by atoms with Crippen molar-refractivity contribution in [1.29, 1.82) is 0 Å². The van der Waals surface area contributed by atoms with Crippen molar-refractivity contribution in [1.82, 2.24) is 14.8 Å². The molecule has 0 saturated heterocycles. The molecule has 1 aromatic carbocycles. The summed E-state index contributed by atoms with van der Waals surface area (Å²) in [6, 6.07) is 7.83. The number of hydrogen-bond donors (Lipinski definition) is 1. The van der Waals surface area contributed by atoms with E-state index in [4.69, 9.17) is 23.2 Å². The Morgan fingerprint density at radius 1 is 1.35 bits per heavy atom. The van der Waals surface area contributed by atoms with Gasteiger partial charge in [0.25, 0.3) is 0 Å².